The molecule has 0 saturated carbocycles. The van der Waals surface area contributed by atoms with Crippen LogP contribution in [0.2, 0.25) is 0 Å². The zero-order valence-corrected chi connectivity index (χ0v) is 13.8. The molecule has 0 aromatic heterocycles. The van der Waals surface area contributed by atoms with E-state index >= 15 is 0 Å². The molecular weight excluding hydrogens is 334 g/mol. The number of allylic oxidation sites excluding steroid dienone is 2. The SMILES string of the molecule is O=C1c2cccc3c([N+](=O)[O-])ccc(c23)C(=O)N1/N=C/C1CC=CCC1. The second kappa shape index (κ2) is 6.18. The predicted octanol–water partition coefficient (Wildman–Crippen LogP) is 3.69. The fourth-order valence-electron chi connectivity index (χ4n) is 3.45. The minimum Gasteiger partial charge on any atom is -0.267 e. The Hall–Kier alpha value is -3.35. The number of hydrazone groups is 1. The van der Waals surface area contributed by atoms with Crippen molar-refractivity contribution in [1.29, 1.82) is 0 Å². The van der Waals surface area contributed by atoms with Gasteiger partial charge in [-0.3, -0.25) is 19.7 Å². The Kier molecular flexibility index (Phi) is 3.84. The van der Waals surface area contributed by atoms with Crippen LogP contribution < -0.4 is 0 Å². The zero-order chi connectivity index (χ0) is 18.3. The van der Waals surface area contributed by atoms with E-state index in [0.717, 1.165) is 24.3 Å². The van der Waals surface area contributed by atoms with E-state index < -0.39 is 16.7 Å². The summed E-state index contributed by atoms with van der Waals surface area (Å²) in [7, 11) is 0. The number of nitro benzene ring substituents is 1. The van der Waals surface area contributed by atoms with Crippen LogP contribution in [0.25, 0.3) is 10.8 Å². The number of nitrogens with zero attached hydrogens (tertiary/aromatic N) is 3. The summed E-state index contributed by atoms with van der Waals surface area (Å²) < 4.78 is 0. The van der Waals surface area contributed by atoms with Gasteiger partial charge in [0.05, 0.1) is 21.4 Å². The van der Waals surface area contributed by atoms with E-state index in [1.165, 1.54) is 12.1 Å². The monoisotopic (exact) mass is 349 g/mol. The van der Waals surface area contributed by atoms with Crippen molar-refractivity contribution in [2.75, 3.05) is 0 Å². The van der Waals surface area contributed by atoms with E-state index in [0.29, 0.717) is 5.39 Å². The van der Waals surface area contributed by atoms with Crippen molar-refractivity contribution in [2.24, 2.45) is 11.0 Å². The lowest BCUT2D eigenvalue weighted by atomic mass is 9.94. The highest BCUT2D eigenvalue weighted by Gasteiger charge is 2.34. The second-order valence-electron chi connectivity index (χ2n) is 6.35. The molecule has 2 aromatic rings. The third kappa shape index (κ3) is 2.48. The van der Waals surface area contributed by atoms with Crippen LogP contribution in [0.4, 0.5) is 5.69 Å². The van der Waals surface area contributed by atoms with Gasteiger partial charge >= 0.3 is 0 Å². The van der Waals surface area contributed by atoms with Gasteiger partial charge in [0.15, 0.2) is 0 Å². The molecule has 0 fully saturated rings. The third-order valence-corrected chi connectivity index (χ3v) is 4.76. The number of hydrogen-bond donors (Lipinski definition) is 0. The Labute approximate surface area is 148 Å². The van der Waals surface area contributed by atoms with Crippen LogP contribution >= 0.6 is 0 Å². The average Bonchev–Trinajstić information content (AvgIpc) is 2.66. The van der Waals surface area contributed by atoms with Gasteiger partial charge in [0.1, 0.15) is 0 Å². The molecule has 1 heterocycles. The molecule has 0 bridgehead atoms. The largest absolute Gasteiger partial charge is 0.282 e. The lowest BCUT2D eigenvalue weighted by molar-refractivity contribution is -0.383. The maximum atomic E-state index is 12.8. The van der Waals surface area contributed by atoms with Crippen LogP contribution in [0.5, 0.6) is 0 Å². The molecule has 26 heavy (non-hydrogen) atoms. The molecule has 0 saturated heterocycles. The lowest BCUT2D eigenvalue weighted by Crippen LogP contribution is -2.36. The highest BCUT2D eigenvalue weighted by atomic mass is 16.6. The van der Waals surface area contributed by atoms with Crippen molar-refractivity contribution in [3.63, 3.8) is 0 Å². The van der Waals surface area contributed by atoms with Gasteiger partial charge in [0.2, 0.25) is 0 Å². The summed E-state index contributed by atoms with van der Waals surface area (Å²) in [5.74, 6) is -0.929. The highest BCUT2D eigenvalue weighted by molar-refractivity contribution is 6.26. The number of carbonyl (C=O) groups excluding carboxylic acids is 2. The summed E-state index contributed by atoms with van der Waals surface area (Å²) in [5, 5.41) is 16.9. The number of nitro groups is 1. The van der Waals surface area contributed by atoms with Gasteiger partial charge in [0.25, 0.3) is 17.5 Å². The molecule has 1 unspecified atom stereocenters. The van der Waals surface area contributed by atoms with Crippen LogP contribution in [0, 0.1) is 16.0 Å². The second-order valence-corrected chi connectivity index (χ2v) is 6.35. The van der Waals surface area contributed by atoms with Crippen LogP contribution in [0.3, 0.4) is 0 Å². The Morgan fingerprint density at radius 2 is 1.88 bits per heavy atom. The molecule has 1 aliphatic carbocycles. The Balaban J connectivity index is 1.79. The van der Waals surface area contributed by atoms with Crippen molar-refractivity contribution in [2.45, 2.75) is 19.3 Å². The topological polar surface area (TPSA) is 92.9 Å². The maximum absolute atomic E-state index is 12.8. The number of benzene rings is 2. The summed E-state index contributed by atoms with van der Waals surface area (Å²) in [6.45, 7) is 0. The number of carbonyl (C=O) groups is 2. The van der Waals surface area contributed by atoms with Gasteiger partial charge in [-0.1, -0.05) is 18.2 Å². The van der Waals surface area contributed by atoms with E-state index in [1.54, 1.807) is 24.4 Å². The van der Waals surface area contributed by atoms with Crippen molar-refractivity contribution < 1.29 is 14.5 Å². The van der Waals surface area contributed by atoms with E-state index in [4.69, 9.17) is 0 Å². The molecule has 4 rings (SSSR count). The molecule has 0 spiro atoms. The van der Waals surface area contributed by atoms with Crippen molar-refractivity contribution in [3.05, 3.63) is 63.7 Å². The van der Waals surface area contributed by atoms with Crippen molar-refractivity contribution in [3.8, 4) is 0 Å². The molecule has 2 aliphatic rings. The van der Waals surface area contributed by atoms with Gasteiger partial charge in [-0.05, 0) is 43.4 Å². The van der Waals surface area contributed by atoms with E-state index in [9.17, 15) is 19.7 Å². The summed E-state index contributed by atoms with van der Waals surface area (Å²) in [5.41, 5.74) is 0.375. The standard InChI is InChI=1S/C19H15N3O4/c23-18-14-8-4-7-13-16(22(25)26)10-9-15(17(13)14)19(24)21(18)20-11-12-5-2-1-3-6-12/h1-2,4,7-12H,3,5-6H2/b20-11+. The number of amides is 2. The van der Waals surface area contributed by atoms with Crippen LogP contribution in [0.15, 0.2) is 47.6 Å². The molecule has 0 radical (unpaired) electrons. The van der Waals surface area contributed by atoms with E-state index in [-0.39, 0.29) is 28.1 Å². The van der Waals surface area contributed by atoms with Gasteiger partial charge in [-0.15, -0.1) is 0 Å². The number of hydrogen-bond acceptors (Lipinski definition) is 5. The van der Waals surface area contributed by atoms with Crippen molar-refractivity contribution >= 4 is 34.5 Å². The highest BCUT2D eigenvalue weighted by Crippen LogP contribution is 2.35. The lowest BCUT2D eigenvalue weighted by Gasteiger charge is -2.23. The van der Waals surface area contributed by atoms with Crippen LogP contribution in [-0.4, -0.2) is 28.0 Å². The zero-order valence-electron chi connectivity index (χ0n) is 13.8. The Morgan fingerprint density at radius 3 is 2.58 bits per heavy atom. The normalized spacial score (nSPS) is 19.5. The molecular formula is C19H15N3O4. The molecule has 7 nitrogen and oxygen atoms in total. The first-order valence-corrected chi connectivity index (χ1v) is 8.36. The van der Waals surface area contributed by atoms with Gasteiger partial charge < -0.3 is 0 Å². The van der Waals surface area contributed by atoms with Gasteiger partial charge in [-0.2, -0.15) is 10.1 Å². The fourth-order valence-corrected chi connectivity index (χ4v) is 3.45. The Bertz CT molecular complexity index is 987. The van der Waals surface area contributed by atoms with Gasteiger partial charge in [-0.25, -0.2) is 0 Å². The molecule has 130 valence electrons. The summed E-state index contributed by atoms with van der Waals surface area (Å²) in [6, 6.07) is 7.38. The summed E-state index contributed by atoms with van der Waals surface area (Å²) in [6.07, 6.45) is 8.52. The summed E-state index contributed by atoms with van der Waals surface area (Å²) >= 11 is 0. The molecule has 0 N–H and O–H groups in total. The molecule has 2 aromatic carbocycles. The van der Waals surface area contributed by atoms with Crippen LogP contribution in [-0.2, 0) is 0 Å². The molecule has 1 atom stereocenters. The molecule has 7 heteroatoms. The predicted molar refractivity (Wildman–Crippen MR) is 96.1 cm³/mol. The van der Waals surface area contributed by atoms with Crippen LogP contribution in [0.1, 0.15) is 40.0 Å². The minimum absolute atomic E-state index is 0.128. The first kappa shape index (κ1) is 16.1. The summed E-state index contributed by atoms with van der Waals surface area (Å²) in [4.78, 5) is 36.3. The van der Waals surface area contributed by atoms with E-state index in [2.05, 4.69) is 17.3 Å². The quantitative estimate of drug-likeness (QED) is 0.278. The smallest absolute Gasteiger partial charge is 0.267 e. The van der Waals surface area contributed by atoms with E-state index in [1.807, 2.05) is 0 Å². The fraction of sp³-hybridized carbons (Fsp3) is 0.211. The van der Waals surface area contributed by atoms with Crippen molar-refractivity contribution in [1.82, 2.24) is 5.01 Å². The first-order chi connectivity index (χ1) is 12.6. The maximum Gasteiger partial charge on any atom is 0.282 e. The minimum atomic E-state index is -0.559. The van der Waals surface area contributed by atoms with Gasteiger partial charge in [0, 0.05) is 17.7 Å². The molecule has 1 aliphatic heterocycles. The number of imide groups is 1. The average molecular weight is 349 g/mol. The Morgan fingerprint density at radius 1 is 1.12 bits per heavy atom. The first-order valence-electron chi connectivity index (χ1n) is 8.36. The number of rotatable bonds is 3. The molecule has 2 amide bonds. The third-order valence-electron chi connectivity index (χ3n) is 4.76. The number of non-ortho nitro benzene ring substituents is 1.